The quantitative estimate of drug-likeness (QED) is 0.597. The number of anilines is 1. The van der Waals surface area contributed by atoms with Crippen LogP contribution in [0.2, 0.25) is 0 Å². The molecule has 0 aliphatic carbocycles. The molecule has 2 aromatic heterocycles. The van der Waals surface area contributed by atoms with Gasteiger partial charge in [0.25, 0.3) is 0 Å². The lowest BCUT2D eigenvalue weighted by Crippen LogP contribution is -2.51. The van der Waals surface area contributed by atoms with Gasteiger partial charge in [-0.05, 0) is 43.8 Å². The second kappa shape index (κ2) is 8.68. The van der Waals surface area contributed by atoms with E-state index in [-0.39, 0.29) is 6.04 Å². The summed E-state index contributed by atoms with van der Waals surface area (Å²) in [5.74, 6) is 1.91. The minimum absolute atomic E-state index is 0.105. The van der Waals surface area contributed by atoms with Gasteiger partial charge >= 0.3 is 6.18 Å². The minimum atomic E-state index is -4.38. The highest BCUT2D eigenvalue weighted by Gasteiger charge is 2.32. The van der Waals surface area contributed by atoms with E-state index < -0.39 is 11.7 Å². The van der Waals surface area contributed by atoms with Gasteiger partial charge in [0.05, 0.1) is 17.5 Å². The summed E-state index contributed by atoms with van der Waals surface area (Å²) in [5.41, 5.74) is 3.40. The number of H-pyrrole nitrogens is 1. The Kier molecular flexibility index (Phi) is 5.68. The van der Waals surface area contributed by atoms with Crippen LogP contribution in [0.5, 0.6) is 5.75 Å². The number of hydrogen-bond acceptors (Lipinski definition) is 6. The molecule has 1 saturated heterocycles. The SMILES string of the molecule is C=C1NCc2cc(-c3[nH]ncc3CN3CCN(c4ccc(C(F)(F)F)cn4)[C@H](C)C3)ccc2O1. The number of piperazine rings is 1. The molecule has 0 saturated carbocycles. The van der Waals surface area contributed by atoms with Gasteiger partial charge in [0, 0.05) is 61.7 Å². The maximum Gasteiger partial charge on any atom is 0.417 e. The molecule has 0 radical (unpaired) electrons. The Morgan fingerprint density at radius 2 is 2.03 bits per heavy atom. The molecular weight excluding hydrogens is 445 g/mol. The summed E-state index contributed by atoms with van der Waals surface area (Å²) in [4.78, 5) is 8.44. The smallest absolute Gasteiger partial charge is 0.417 e. The van der Waals surface area contributed by atoms with Crippen molar-refractivity contribution in [3.63, 3.8) is 0 Å². The van der Waals surface area contributed by atoms with Gasteiger partial charge in [-0.2, -0.15) is 18.3 Å². The lowest BCUT2D eigenvalue weighted by Gasteiger charge is -2.40. The van der Waals surface area contributed by atoms with Gasteiger partial charge in [-0.1, -0.05) is 0 Å². The first kappa shape index (κ1) is 22.3. The van der Waals surface area contributed by atoms with Crippen LogP contribution < -0.4 is 15.0 Å². The average Bonchev–Trinajstić information content (AvgIpc) is 3.26. The molecule has 34 heavy (non-hydrogen) atoms. The Morgan fingerprint density at radius 1 is 1.18 bits per heavy atom. The number of fused-ring (bicyclic) bond motifs is 1. The van der Waals surface area contributed by atoms with Gasteiger partial charge in [0.15, 0.2) is 5.88 Å². The van der Waals surface area contributed by atoms with E-state index in [9.17, 15) is 13.2 Å². The lowest BCUT2D eigenvalue weighted by molar-refractivity contribution is -0.137. The maximum absolute atomic E-state index is 12.8. The van der Waals surface area contributed by atoms with Gasteiger partial charge in [0.2, 0.25) is 0 Å². The largest absolute Gasteiger partial charge is 0.442 e. The van der Waals surface area contributed by atoms with E-state index in [0.717, 1.165) is 53.5 Å². The molecule has 1 fully saturated rings. The fourth-order valence-electron chi connectivity index (χ4n) is 4.50. The summed E-state index contributed by atoms with van der Waals surface area (Å²) in [6.45, 7) is 9.44. The highest BCUT2D eigenvalue weighted by atomic mass is 19.4. The van der Waals surface area contributed by atoms with Gasteiger partial charge < -0.3 is 15.0 Å². The van der Waals surface area contributed by atoms with Crippen molar-refractivity contribution in [2.24, 2.45) is 0 Å². The van der Waals surface area contributed by atoms with E-state index >= 15 is 0 Å². The number of aromatic nitrogens is 3. The third-order valence-electron chi connectivity index (χ3n) is 6.25. The van der Waals surface area contributed by atoms with Crippen LogP contribution in [-0.2, 0) is 19.3 Å². The standard InChI is InChI=1S/C24H25F3N6O/c1-15-13-32(7-8-33(15)22-6-4-20(12-29-22)24(25,26)27)14-19-11-30-31-23(19)17-3-5-21-18(9-17)10-28-16(2)34-21/h3-6,9,11-12,15,28H,2,7-8,10,13-14H2,1H3,(H,30,31)/t15-/m1/s1. The van der Waals surface area contributed by atoms with Gasteiger partial charge in [-0.3, -0.25) is 10.00 Å². The fourth-order valence-corrected chi connectivity index (χ4v) is 4.50. The molecular formula is C24H25F3N6O. The van der Waals surface area contributed by atoms with E-state index in [4.69, 9.17) is 4.74 Å². The molecule has 0 bridgehead atoms. The molecule has 1 atom stereocenters. The van der Waals surface area contributed by atoms with Crippen molar-refractivity contribution in [2.45, 2.75) is 32.2 Å². The number of benzene rings is 1. The van der Waals surface area contributed by atoms with Crippen LogP contribution in [0.1, 0.15) is 23.6 Å². The molecule has 10 heteroatoms. The topological polar surface area (TPSA) is 69.3 Å². The molecule has 2 aliphatic heterocycles. The van der Waals surface area contributed by atoms with Crippen molar-refractivity contribution < 1.29 is 17.9 Å². The Morgan fingerprint density at radius 3 is 2.76 bits per heavy atom. The summed E-state index contributed by atoms with van der Waals surface area (Å²) < 4.78 is 44.2. The molecule has 2 aliphatic rings. The predicted octanol–water partition coefficient (Wildman–Crippen LogP) is 4.15. The van der Waals surface area contributed by atoms with Crippen molar-refractivity contribution >= 4 is 5.82 Å². The van der Waals surface area contributed by atoms with Crippen LogP contribution in [0, 0.1) is 0 Å². The van der Waals surface area contributed by atoms with Gasteiger partial charge in [0.1, 0.15) is 11.6 Å². The van der Waals surface area contributed by atoms with Crippen LogP contribution in [0.4, 0.5) is 19.0 Å². The third-order valence-corrected chi connectivity index (χ3v) is 6.25. The van der Waals surface area contributed by atoms with Crippen LogP contribution in [-0.4, -0.2) is 45.8 Å². The zero-order chi connectivity index (χ0) is 23.9. The molecule has 2 N–H and O–H groups in total. The van der Waals surface area contributed by atoms with Crippen molar-refractivity contribution in [1.82, 2.24) is 25.4 Å². The first-order valence-electron chi connectivity index (χ1n) is 11.1. The number of pyridine rings is 1. The number of nitrogens with one attached hydrogen (secondary N) is 2. The summed E-state index contributed by atoms with van der Waals surface area (Å²) in [7, 11) is 0. The Bertz CT molecular complexity index is 1190. The zero-order valence-electron chi connectivity index (χ0n) is 18.7. The van der Waals surface area contributed by atoms with Crippen LogP contribution in [0.25, 0.3) is 11.3 Å². The van der Waals surface area contributed by atoms with Crippen LogP contribution >= 0.6 is 0 Å². The predicted molar refractivity (Wildman–Crippen MR) is 122 cm³/mol. The third kappa shape index (κ3) is 4.45. The summed E-state index contributed by atoms with van der Waals surface area (Å²) >= 11 is 0. The highest BCUT2D eigenvalue weighted by Crippen LogP contribution is 2.32. The summed E-state index contributed by atoms with van der Waals surface area (Å²) in [5, 5.41) is 10.5. The number of aromatic amines is 1. The molecule has 0 unspecified atom stereocenters. The average molecular weight is 470 g/mol. The normalized spacial score (nSPS) is 18.9. The van der Waals surface area contributed by atoms with Gasteiger partial charge in [-0.25, -0.2) is 4.98 Å². The summed E-state index contributed by atoms with van der Waals surface area (Å²) in [6.07, 6.45) is -1.63. The van der Waals surface area contributed by atoms with Crippen LogP contribution in [0.15, 0.2) is 55.2 Å². The van der Waals surface area contributed by atoms with Crippen molar-refractivity contribution in [2.75, 3.05) is 24.5 Å². The lowest BCUT2D eigenvalue weighted by atomic mass is 10.0. The first-order valence-corrected chi connectivity index (χ1v) is 11.1. The number of alkyl halides is 3. The molecule has 4 heterocycles. The maximum atomic E-state index is 12.8. The van der Waals surface area contributed by atoms with E-state index in [1.54, 1.807) is 0 Å². The van der Waals surface area contributed by atoms with Gasteiger partial charge in [-0.15, -0.1) is 0 Å². The van der Waals surface area contributed by atoms with Crippen molar-refractivity contribution in [3.05, 3.63) is 71.9 Å². The molecule has 0 spiro atoms. The van der Waals surface area contributed by atoms with E-state index in [2.05, 4.69) is 49.9 Å². The van der Waals surface area contributed by atoms with E-state index in [1.165, 1.54) is 6.07 Å². The molecule has 0 amide bonds. The minimum Gasteiger partial charge on any atom is -0.442 e. The number of rotatable bonds is 4. The zero-order valence-corrected chi connectivity index (χ0v) is 18.7. The number of nitrogens with zero attached hydrogens (tertiary/aromatic N) is 4. The van der Waals surface area contributed by atoms with E-state index in [0.29, 0.717) is 31.3 Å². The van der Waals surface area contributed by atoms with Crippen molar-refractivity contribution in [3.8, 4) is 17.0 Å². The second-order valence-electron chi connectivity index (χ2n) is 8.65. The molecule has 178 valence electrons. The molecule has 3 aromatic rings. The number of hydrogen-bond donors (Lipinski definition) is 2. The molecule has 5 rings (SSSR count). The highest BCUT2D eigenvalue weighted by molar-refractivity contribution is 5.65. The Labute approximate surface area is 195 Å². The first-order chi connectivity index (χ1) is 16.3. The van der Waals surface area contributed by atoms with Crippen LogP contribution in [0.3, 0.4) is 0 Å². The van der Waals surface area contributed by atoms with E-state index in [1.807, 2.05) is 18.3 Å². The monoisotopic (exact) mass is 470 g/mol. The van der Waals surface area contributed by atoms with Crippen molar-refractivity contribution in [1.29, 1.82) is 0 Å². The Hall–Kier alpha value is -3.53. The second-order valence-corrected chi connectivity index (χ2v) is 8.65. The summed E-state index contributed by atoms with van der Waals surface area (Å²) in [6, 6.07) is 8.68. The fraction of sp³-hybridized carbons (Fsp3) is 0.333. The number of halogens is 3. The molecule has 7 nitrogen and oxygen atoms in total. The number of ether oxygens (including phenoxy) is 1. The Balaban J connectivity index is 1.26. The molecule has 1 aromatic carbocycles.